The van der Waals surface area contributed by atoms with Gasteiger partial charge in [-0.3, -0.25) is 4.79 Å². The Hall–Kier alpha value is -0.960. The van der Waals surface area contributed by atoms with Crippen LogP contribution >= 0.6 is 11.3 Å². The second kappa shape index (κ2) is 5.44. The first kappa shape index (κ1) is 15.4. The van der Waals surface area contributed by atoms with E-state index < -0.39 is 10.0 Å². The Labute approximate surface area is 122 Å². The molecule has 1 saturated heterocycles. The molecule has 0 radical (unpaired) electrons. The van der Waals surface area contributed by atoms with Gasteiger partial charge in [-0.1, -0.05) is 0 Å². The summed E-state index contributed by atoms with van der Waals surface area (Å²) in [5.74, 6) is -0.266. The number of hydrogen-bond donors (Lipinski definition) is 2. The minimum absolute atomic E-state index is 0.0183. The van der Waals surface area contributed by atoms with Crippen molar-refractivity contribution in [3.05, 3.63) is 15.8 Å². The fourth-order valence-electron chi connectivity index (χ4n) is 2.14. The standard InChI is InChI=1S/C12H18N2O4S2/c1-8-10(20(13,16)17)7-9(19-8)11(15)14-12(2)3-5-18-6-4-12/h7H,3-6H2,1-2H3,(H,14,15)(H2,13,16,17). The molecule has 0 aliphatic carbocycles. The van der Waals surface area contributed by atoms with Crippen LogP contribution in [0.15, 0.2) is 11.0 Å². The minimum Gasteiger partial charge on any atom is -0.381 e. The number of aryl methyl sites for hydroxylation is 1. The SMILES string of the molecule is Cc1sc(C(=O)NC2(C)CCOCC2)cc1S(N)(=O)=O. The summed E-state index contributed by atoms with van der Waals surface area (Å²) >= 11 is 1.13. The zero-order valence-electron chi connectivity index (χ0n) is 11.4. The largest absolute Gasteiger partial charge is 0.381 e. The van der Waals surface area contributed by atoms with Gasteiger partial charge in [0.25, 0.3) is 5.91 Å². The monoisotopic (exact) mass is 318 g/mol. The molecule has 6 nitrogen and oxygen atoms in total. The van der Waals surface area contributed by atoms with E-state index >= 15 is 0 Å². The van der Waals surface area contributed by atoms with Crippen molar-refractivity contribution in [1.29, 1.82) is 0 Å². The second-order valence-corrected chi connectivity index (χ2v) is 7.99. The summed E-state index contributed by atoms with van der Waals surface area (Å²) in [4.78, 5) is 13.1. The summed E-state index contributed by atoms with van der Waals surface area (Å²) < 4.78 is 28.0. The Bertz CT molecular complexity index is 615. The van der Waals surface area contributed by atoms with Crippen LogP contribution in [0.2, 0.25) is 0 Å². The van der Waals surface area contributed by atoms with Gasteiger partial charge < -0.3 is 10.1 Å². The number of sulfonamides is 1. The Morgan fingerprint density at radius 3 is 2.55 bits per heavy atom. The summed E-state index contributed by atoms with van der Waals surface area (Å²) in [5, 5.41) is 8.07. The molecule has 1 fully saturated rings. The van der Waals surface area contributed by atoms with E-state index in [-0.39, 0.29) is 16.3 Å². The number of nitrogens with one attached hydrogen (secondary N) is 1. The van der Waals surface area contributed by atoms with E-state index in [9.17, 15) is 13.2 Å². The molecule has 1 aromatic heterocycles. The number of carbonyl (C=O) groups is 1. The average Bonchev–Trinajstić information content (AvgIpc) is 2.71. The second-order valence-electron chi connectivity index (χ2n) is 5.20. The number of hydrogen-bond acceptors (Lipinski definition) is 5. The van der Waals surface area contributed by atoms with Gasteiger partial charge in [0, 0.05) is 23.6 Å². The van der Waals surface area contributed by atoms with E-state index in [0.717, 1.165) is 24.2 Å². The third-order valence-electron chi connectivity index (χ3n) is 3.41. The fourth-order valence-corrected chi connectivity index (χ4v) is 4.18. The quantitative estimate of drug-likeness (QED) is 0.868. The molecule has 1 aromatic rings. The van der Waals surface area contributed by atoms with Gasteiger partial charge in [0.15, 0.2) is 0 Å². The summed E-state index contributed by atoms with van der Waals surface area (Å²) in [6, 6.07) is 1.34. The van der Waals surface area contributed by atoms with E-state index in [1.165, 1.54) is 6.07 Å². The highest BCUT2D eigenvalue weighted by Gasteiger charge is 2.30. The van der Waals surface area contributed by atoms with Gasteiger partial charge >= 0.3 is 0 Å². The van der Waals surface area contributed by atoms with Crippen LogP contribution in [0.4, 0.5) is 0 Å². The van der Waals surface area contributed by atoms with Gasteiger partial charge in [0.2, 0.25) is 10.0 Å². The molecule has 1 aliphatic rings. The molecule has 8 heteroatoms. The number of primary sulfonamides is 1. The molecule has 2 rings (SSSR count). The molecule has 0 aromatic carbocycles. The molecule has 0 bridgehead atoms. The lowest BCUT2D eigenvalue weighted by Gasteiger charge is -2.34. The van der Waals surface area contributed by atoms with Gasteiger partial charge in [0.05, 0.1) is 9.77 Å². The van der Waals surface area contributed by atoms with Crippen molar-refractivity contribution in [2.45, 2.75) is 37.1 Å². The first-order valence-electron chi connectivity index (χ1n) is 6.25. The smallest absolute Gasteiger partial charge is 0.261 e. The van der Waals surface area contributed by atoms with E-state index in [2.05, 4.69) is 5.32 Å². The third kappa shape index (κ3) is 3.38. The Kier molecular flexibility index (Phi) is 4.19. The number of amides is 1. The van der Waals surface area contributed by atoms with Crippen molar-refractivity contribution < 1.29 is 17.9 Å². The average molecular weight is 318 g/mol. The molecule has 1 amide bonds. The zero-order chi connectivity index (χ0) is 15.0. The van der Waals surface area contributed by atoms with Crippen LogP contribution in [-0.4, -0.2) is 33.1 Å². The first-order chi connectivity index (χ1) is 9.21. The molecule has 112 valence electrons. The normalized spacial score (nSPS) is 18.8. The molecule has 3 N–H and O–H groups in total. The number of carbonyl (C=O) groups excluding carboxylic acids is 1. The molecule has 0 spiro atoms. The van der Waals surface area contributed by atoms with Crippen molar-refractivity contribution in [1.82, 2.24) is 5.32 Å². The van der Waals surface area contributed by atoms with Crippen LogP contribution in [0, 0.1) is 6.92 Å². The maximum Gasteiger partial charge on any atom is 0.261 e. The van der Waals surface area contributed by atoms with E-state index in [1.54, 1.807) is 6.92 Å². The predicted molar refractivity (Wildman–Crippen MR) is 76.4 cm³/mol. The molecule has 0 unspecified atom stereocenters. The maximum absolute atomic E-state index is 12.2. The number of thiophene rings is 1. The summed E-state index contributed by atoms with van der Waals surface area (Å²) in [5.41, 5.74) is -0.311. The highest BCUT2D eigenvalue weighted by atomic mass is 32.2. The fraction of sp³-hybridized carbons (Fsp3) is 0.583. The maximum atomic E-state index is 12.2. The molecular formula is C12H18N2O4S2. The van der Waals surface area contributed by atoms with E-state index in [1.807, 2.05) is 6.92 Å². The summed E-state index contributed by atoms with van der Waals surface area (Å²) in [6.07, 6.45) is 1.48. The molecule has 20 heavy (non-hydrogen) atoms. The van der Waals surface area contributed by atoms with Gasteiger partial charge in [0.1, 0.15) is 0 Å². The lowest BCUT2D eigenvalue weighted by atomic mass is 9.92. The van der Waals surface area contributed by atoms with Crippen LogP contribution in [0.5, 0.6) is 0 Å². The zero-order valence-corrected chi connectivity index (χ0v) is 13.1. The van der Waals surface area contributed by atoms with Gasteiger partial charge in [-0.15, -0.1) is 11.3 Å². The Balaban J connectivity index is 2.18. The van der Waals surface area contributed by atoms with Crippen molar-refractivity contribution >= 4 is 27.3 Å². The molecule has 1 aliphatic heterocycles. The minimum atomic E-state index is -3.78. The van der Waals surface area contributed by atoms with Crippen molar-refractivity contribution in [2.75, 3.05) is 13.2 Å². The Morgan fingerprint density at radius 2 is 2.05 bits per heavy atom. The number of rotatable bonds is 3. The van der Waals surface area contributed by atoms with Crippen LogP contribution in [0.3, 0.4) is 0 Å². The van der Waals surface area contributed by atoms with Crippen molar-refractivity contribution in [3.8, 4) is 0 Å². The first-order valence-corrected chi connectivity index (χ1v) is 8.61. The van der Waals surface area contributed by atoms with Crippen molar-refractivity contribution in [2.24, 2.45) is 5.14 Å². The number of ether oxygens (including phenoxy) is 1. The predicted octanol–water partition coefficient (Wildman–Crippen LogP) is 1.00. The summed E-state index contributed by atoms with van der Waals surface area (Å²) in [6.45, 7) is 4.83. The molecule has 0 saturated carbocycles. The van der Waals surface area contributed by atoms with E-state index in [4.69, 9.17) is 9.88 Å². The topological polar surface area (TPSA) is 98.5 Å². The highest BCUT2D eigenvalue weighted by Crippen LogP contribution is 2.26. The number of nitrogens with two attached hydrogens (primary N) is 1. The molecular weight excluding hydrogens is 300 g/mol. The van der Waals surface area contributed by atoms with Gasteiger partial charge in [-0.25, -0.2) is 13.6 Å². The third-order valence-corrected chi connectivity index (χ3v) is 5.63. The Morgan fingerprint density at radius 1 is 1.45 bits per heavy atom. The van der Waals surface area contributed by atoms with Crippen LogP contribution in [0.25, 0.3) is 0 Å². The summed E-state index contributed by atoms with van der Waals surface area (Å²) in [7, 11) is -3.78. The molecule has 0 atom stereocenters. The lowest BCUT2D eigenvalue weighted by Crippen LogP contribution is -2.49. The van der Waals surface area contributed by atoms with Crippen LogP contribution in [-0.2, 0) is 14.8 Å². The molecule has 2 heterocycles. The van der Waals surface area contributed by atoms with Crippen molar-refractivity contribution in [3.63, 3.8) is 0 Å². The van der Waals surface area contributed by atoms with Gasteiger partial charge in [-0.05, 0) is 32.8 Å². The lowest BCUT2D eigenvalue weighted by molar-refractivity contribution is 0.0424. The van der Waals surface area contributed by atoms with Gasteiger partial charge in [-0.2, -0.15) is 0 Å². The van der Waals surface area contributed by atoms with Crippen LogP contribution < -0.4 is 10.5 Å². The van der Waals surface area contributed by atoms with Crippen LogP contribution in [0.1, 0.15) is 34.3 Å². The highest BCUT2D eigenvalue weighted by molar-refractivity contribution is 7.89. The van der Waals surface area contributed by atoms with E-state index in [0.29, 0.717) is 23.0 Å².